The Morgan fingerprint density at radius 3 is 2.76 bits per heavy atom. The number of fused-ring (bicyclic) bond motifs is 1. The standard InChI is InChI=1S/C25H35N3O7S2/c1-5-6-7-8-10-27(4)25(33)35-14-34-24(32)21-22(36-11-9-18-17(12-29)26-13-37-18)15(2)20-19(16(3)30)23(31)28(20)21/h9,11,13,15-16,19-20,29-30H,5-8,10,12,14H2,1-4H3/b11-9-/t15-,16-,19-,20-/m1/s1. The van der Waals surface area contributed by atoms with E-state index in [9.17, 15) is 24.6 Å². The third-order valence-electron chi connectivity index (χ3n) is 6.57. The minimum Gasteiger partial charge on any atom is -0.423 e. The van der Waals surface area contributed by atoms with Crippen molar-refractivity contribution in [2.24, 2.45) is 11.8 Å². The summed E-state index contributed by atoms with van der Waals surface area (Å²) in [6.45, 7) is 5.36. The van der Waals surface area contributed by atoms with Crippen LogP contribution in [0.2, 0.25) is 0 Å². The third-order valence-corrected chi connectivity index (χ3v) is 8.50. The number of amides is 2. The lowest BCUT2D eigenvalue weighted by Crippen LogP contribution is -2.63. The van der Waals surface area contributed by atoms with Gasteiger partial charge in [0.2, 0.25) is 12.7 Å². The Bertz CT molecular complexity index is 1040. The van der Waals surface area contributed by atoms with Gasteiger partial charge in [-0.15, -0.1) is 11.3 Å². The number of rotatable bonds is 13. The average molecular weight is 554 g/mol. The van der Waals surface area contributed by atoms with Crippen LogP contribution in [0.3, 0.4) is 0 Å². The highest BCUT2D eigenvalue weighted by Crippen LogP contribution is 2.51. The first-order valence-corrected chi connectivity index (χ1v) is 14.2. The summed E-state index contributed by atoms with van der Waals surface area (Å²) < 4.78 is 10.4. The highest BCUT2D eigenvalue weighted by Gasteiger charge is 2.60. The second-order valence-corrected chi connectivity index (χ2v) is 11.0. The summed E-state index contributed by atoms with van der Waals surface area (Å²) in [7, 11) is 1.63. The van der Waals surface area contributed by atoms with Crippen molar-refractivity contribution in [1.29, 1.82) is 0 Å². The normalized spacial score (nSPS) is 21.7. The fourth-order valence-electron chi connectivity index (χ4n) is 4.55. The smallest absolute Gasteiger partial charge is 0.412 e. The summed E-state index contributed by atoms with van der Waals surface area (Å²) in [4.78, 5) is 46.4. The molecule has 0 unspecified atom stereocenters. The van der Waals surface area contributed by atoms with Crippen LogP contribution in [-0.4, -0.2) is 75.5 Å². The zero-order valence-electron chi connectivity index (χ0n) is 21.6. The van der Waals surface area contributed by atoms with Gasteiger partial charge in [-0.1, -0.05) is 44.9 Å². The van der Waals surface area contributed by atoms with Crippen LogP contribution in [0.1, 0.15) is 57.0 Å². The van der Waals surface area contributed by atoms with Crippen LogP contribution in [-0.2, 0) is 25.7 Å². The molecule has 37 heavy (non-hydrogen) atoms. The molecule has 2 aliphatic rings. The summed E-state index contributed by atoms with van der Waals surface area (Å²) in [5.74, 6) is -1.94. The maximum atomic E-state index is 13.1. The van der Waals surface area contributed by atoms with Crippen molar-refractivity contribution >= 4 is 47.1 Å². The van der Waals surface area contributed by atoms with Gasteiger partial charge in [0.25, 0.3) is 0 Å². The molecule has 4 atom stereocenters. The van der Waals surface area contributed by atoms with E-state index in [1.807, 2.05) is 6.92 Å². The van der Waals surface area contributed by atoms with E-state index in [0.717, 1.165) is 30.6 Å². The number of carbonyl (C=O) groups excluding carboxylic acids is 3. The van der Waals surface area contributed by atoms with E-state index in [4.69, 9.17) is 9.47 Å². The zero-order valence-corrected chi connectivity index (χ0v) is 23.2. The minimum atomic E-state index is -0.855. The van der Waals surface area contributed by atoms with Gasteiger partial charge >= 0.3 is 12.1 Å². The maximum Gasteiger partial charge on any atom is 0.412 e. The van der Waals surface area contributed by atoms with Crippen LogP contribution >= 0.6 is 23.1 Å². The third kappa shape index (κ3) is 6.54. The van der Waals surface area contributed by atoms with Gasteiger partial charge in [-0.25, -0.2) is 14.6 Å². The monoisotopic (exact) mass is 553 g/mol. The van der Waals surface area contributed by atoms with Gasteiger partial charge in [-0.3, -0.25) is 4.79 Å². The number of nitrogens with zero attached hydrogens (tertiary/aromatic N) is 3. The molecule has 0 aliphatic carbocycles. The molecule has 2 aliphatic heterocycles. The molecule has 0 saturated carbocycles. The van der Waals surface area contributed by atoms with Crippen molar-refractivity contribution in [1.82, 2.24) is 14.8 Å². The van der Waals surface area contributed by atoms with Gasteiger partial charge in [0.15, 0.2) is 0 Å². The number of carbonyl (C=O) groups is 3. The Morgan fingerprint density at radius 2 is 2.08 bits per heavy atom. The second kappa shape index (κ2) is 13.4. The van der Waals surface area contributed by atoms with Crippen molar-refractivity contribution in [3.63, 3.8) is 0 Å². The lowest BCUT2D eigenvalue weighted by atomic mass is 9.79. The first-order chi connectivity index (χ1) is 17.7. The number of β-lactam (4-membered cyclic amide) rings is 1. The number of aromatic nitrogens is 1. The van der Waals surface area contributed by atoms with E-state index in [1.54, 1.807) is 31.0 Å². The summed E-state index contributed by atoms with van der Waals surface area (Å²) in [6, 6.07) is -0.362. The van der Waals surface area contributed by atoms with Crippen molar-refractivity contribution < 1.29 is 34.1 Å². The van der Waals surface area contributed by atoms with Gasteiger partial charge in [0.05, 0.1) is 40.8 Å². The fraction of sp³-hybridized carbons (Fsp3) is 0.600. The van der Waals surface area contributed by atoms with Crippen LogP contribution in [0, 0.1) is 11.8 Å². The van der Waals surface area contributed by atoms with E-state index < -0.39 is 30.9 Å². The van der Waals surface area contributed by atoms with Crippen LogP contribution in [0.15, 0.2) is 21.5 Å². The zero-order chi connectivity index (χ0) is 27.1. The number of aliphatic hydroxyl groups is 2. The molecular weight excluding hydrogens is 518 g/mol. The molecule has 3 rings (SSSR count). The summed E-state index contributed by atoms with van der Waals surface area (Å²) >= 11 is 2.65. The molecule has 1 saturated heterocycles. The summed E-state index contributed by atoms with van der Waals surface area (Å²) in [5.41, 5.74) is 2.29. The number of thioether (sulfide) groups is 1. The number of unbranched alkanes of at least 4 members (excludes halogenated alkanes) is 3. The molecule has 2 N–H and O–H groups in total. The number of hydrogen-bond donors (Lipinski definition) is 2. The quantitative estimate of drug-likeness (QED) is 0.163. The lowest BCUT2D eigenvalue weighted by Gasteiger charge is -2.46. The first-order valence-electron chi connectivity index (χ1n) is 12.4. The molecule has 0 radical (unpaired) electrons. The number of hydrogen-bond acceptors (Lipinski definition) is 10. The number of aliphatic hydroxyl groups excluding tert-OH is 2. The molecule has 1 aromatic rings. The Balaban J connectivity index is 1.68. The van der Waals surface area contributed by atoms with Crippen LogP contribution in [0.25, 0.3) is 6.08 Å². The summed E-state index contributed by atoms with van der Waals surface area (Å²) in [5, 5.41) is 21.3. The minimum absolute atomic E-state index is 0.102. The van der Waals surface area contributed by atoms with Crippen molar-refractivity contribution in [3.8, 4) is 0 Å². The molecule has 2 amide bonds. The van der Waals surface area contributed by atoms with Gasteiger partial charge in [0, 0.05) is 24.4 Å². The molecule has 0 spiro atoms. The van der Waals surface area contributed by atoms with Crippen LogP contribution in [0.4, 0.5) is 4.79 Å². The molecule has 1 aromatic heterocycles. The Kier molecular flexibility index (Phi) is 10.6. The molecule has 0 aromatic carbocycles. The van der Waals surface area contributed by atoms with Crippen molar-refractivity contribution in [3.05, 3.63) is 32.1 Å². The second-order valence-electron chi connectivity index (χ2n) is 9.15. The van der Waals surface area contributed by atoms with Crippen LogP contribution in [0.5, 0.6) is 0 Å². The highest BCUT2D eigenvalue weighted by atomic mass is 32.2. The fourth-order valence-corrected chi connectivity index (χ4v) is 6.33. The molecule has 10 nitrogen and oxygen atoms in total. The molecule has 1 fully saturated rings. The van der Waals surface area contributed by atoms with E-state index >= 15 is 0 Å². The largest absolute Gasteiger partial charge is 0.423 e. The van der Waals surface area contributed by atoms with E-state index in [2.05, 4.69) is 11.9 Å². The summed E-state index contributed by atoms with van der Waals surface area (Å²) in [6.07, 6.45) is 4.43. The van der Waals surface area contributed by atoms with Crippen molar-refractivity contribution in [2.45, 2.75) is 65.2 Å². The molecule has 0 bridgehead atoms. The maximum absolute atomic E-state index is 13.1. The molecule has 3 heterocycles. The number of thiazole rings is 1. The Morgan fingerprint density at radius 1 is 1.32 bits per heavy atom. The predicted octanol–water partition coefficient (Wildman–Crippen LogP) is 3.56. The van der Waals surface area contributed by atoms with Crippen LogP contribution < -0.4 is 0 Å². The van der Waals surface area contributed by atoms with E-state index in [1.165, 1.54) is 32.9 Å². The van der Waals surface area contributed by atoms with Gasteiger partial charge in [-0.2, -0.15) is 0 Å². The van der Waals surface area contributed by atoms with Crippen molar-refractivity contribution in [2.75, 3.05) is 20.4 Å². The van der Waals surface area contributed by atoms with E-state index in [0.29, 0.717) is 17.1 Å². The lowest BCUT2D eigenvalue weighted by molar-refractivity contribution is -0.166. The Hall–Kier alpha value is -2.41. The topological polar surface area (TPSA) is 130 Å². The number of ether oxygens (including phenoxy) is 2. The predicted molar refractivity (Wildman–Crippen MR) is 141 cm³/mol. The molecular formula is C25H35N3O7S2. The highest BCUT2D eigenvalue weighted by molar-refractivity contribution is 8.06. The van der Waals surface area contributed by atoms with Gasteiger partial charge < -0.3 is 29.5 Å². The first kappa shape index (κ1) is 29.2. The Labute approximate surface area is 225 Å². The van der Waals surface area contributed by atoms with Gasteiger partial charge in [-0.05, 0) is 24.8 Å². The number of esters is 1. The SMILES string of the molecule is CCCCCCN(C)C(=O)OCOC(=O)C1=C(S/C=C\c2scnc2CO)[C@H](C)[C@@H]2[C@@H]([C@@H](C)O)C(=O)N12. The molecule has 12 heteroatoms. The van der Waals surface area contributed by atoms with Gasteiger partial charge in [0.1, 0.15) is 5.70 Å². The molecule has 204 valence electrons. The van der Waals surface area contributed by atoms with E-state index in [-0.39, 0.29) is 30.2 Å². The average Bonchev–Trinajstić information content (AvgIpc) is 3.41.